The van der Waals surface area contributed by atoms with E-state index in [1.807, 2.05) is 35.7 Å². The Hall–Kier alpha value is -2.14. The fourth-order valence-electron chi connectivity index (χ4n) is 2.39. The van der Waals surface area contributed by atoms with Gasteiger partial charge in [0.25, 0.3) is 0 Å². The lowest BCUT2D eigenvalue weighted by atomic mass is 10.2. The summed E-state index contributed by atoms with van der Waals surface area (Å²) in [7, 11) is 0. The molecule has 0 atom stereocenters. The number of benzene rings is 1. The number of rotatable bonds is 7. The molecule has 22 heavy (non-hydrogen) atoms. The lowest BCUT2D eigenvalue weighted by molar-refractivity contribution is -0.121. The highest BCUT2D eigenvalue weighted by molar-refractivity contribution is 7.09. The Morgan fingerprint density at radius 1 is 1.18 bits per heavy atom. The van der Waals surface area contributed by atoms with Gasteiger partial charge >= 0.3 is 0 Å². The number of aryl methyl sites for hydroxylation is 2. The van der Waals surface area contributed by atoms with E-state index < -0.39 is 0 Å². The first kappa shape index (κ1) is 14.8. The fraction of sp³-hybridized carbons (Fsp3) is 0.294. The number of amides is 1. The minimum Gasteiger partial charge on any atom is -0.356 e. The number of carbonyl (C=O) groups is 1. The number of nitrogens with zero attached hydrogens (tertiary/aromatic N) is 1. The van der Waals surface area contributed by atoms with Gasteiger partial charge in [0.1, 0.15) is 5.82 Å². The Balaban J connectivity index is 1.37. The van der Waals surface area contributed by atoms with Crippen LogP contribution in [-0.2, 0) is 17.6 Å². The number of carbonyl (C=O) groups excluding carboxylic acids is 1. The summed E-state index contributed by atoms with van der Waals surface area (Å²) in [5.41, 5.74) is 2.06. The second-order valence-corrected chi connectivity index (χ2v) is 6.27. The molecule has 0 bridgehead atoms. The topological polar surface area (TPSA) is 57.8 Å². The number of hydrogen-bond donors (Lipinski definition) is 2. The van der Waals surface area contributed by atoms with Crippen LogP contribution >= 0.6 is 11.3 Å². The van der Waals surface area contributed by atoms with Crippen molar-refractivity contribution in [1.29, 1.82) is 0 Å². The first-order valence-electron chi connectivity index (χ1n) is 7.54. The first-order valence-corrected chi connectivity index (χ1v) is 8.42. The Morgan fingerprint density at radius 2 is 2.09 bits per heavy atom. The van der Waals surface area contributed by atoms with Gasteiger partial charge in [0.2, 0.25) is 5.91 Å². The van der Waals surface area contributed by atoms with Crippen LogP contribution in [0.4, 0.5) is 0 Å². The quantitative estimate of drug-likeness (QED) is 0.658. The molecule has 0 saturated carbocycles. The molecule has 2 N–H and O–H groups in total. The molecule has 0 aliphatic carbocycles. The van der Waals surface area contributed by atoms with Gasteiger partial charge in [-0.1, -0.05) is 18.2 Å². The molecule has 1 aromatic carbocycles. The Labute approximate surface area is 133 Å². The van der Waals surface area contributed by atoms with Crippen LogP contribution in [0, 0.1) is 0 Å². The molecule has 1 amide bonds. The summed E-state index contributed by atoms with van der Waals surface area (Å²) >= 11 is 1.70. The molecule has 0 aliphatic rings. The first-order chi connectivity index (χ1) is 10.8. The smallest absolute Gasteiger partial charge is 0.220 e. The third kappa shape index (κ3) is 3.95. The van der Waals surface area contributed by atoms with Crippen LogP contribution in [0.5, 0.6) is 0 Å². The van der Waals surface area contributed by atoms with Crippen molar-refractivity contribution in [3.63, 3.8) is 0 Å². The average molecular weight is 313 g/mol. The van der Waals surface area contributed by atoms with Gasteiger partial charge in [-0.3, -0.25) is 4.79 Å². The third-order valence-electron chi connectivity index (χ3n) is 3.53. The molecule has 0 saturated heterocycles. The predicted octanol–water partition coefficient (Wildman–Crippen LogP) is 3.31. The molecule has 0 spiro atoms. The minimum atomic E-state index is 0.123. The zero-order valence-corrected chi connectivity index (χ0v) is 13.2. The standard InChI is InChI=1S/C17H19N3OS/c21-17(10-9-13-5-4-12-22-13)18-11-3-8-16-19-14-6-1-2-7-15(14)20-16/h1-2,4-7,12H,3,8-11H2,(H,18,21)(H,19,20). The van der Waals surface area contributed by atoms with Crippen molar-refractivity contribution >= 4 is 28.3 Å². The highest BCUT2D eigenvalue weighted by atomic mass is 32.1. The minimum absolute atomic E-state index is 0.123. The van der Waals surface area contributed by atoms with E-state index in [2.05, 4.69) is 21.4 Å². The van der Waals surface area contributed by atoms with Crippen LogP contribution in [0.1, 0.15) is 23.5 Å². The maximum atomic E-state index is 11.8. The van der Waals surface area contributed by atoms with Crippen molar-refractivity contribution in [2.45, 2.75) is 25.7 Å². The van der Waals surface area contributed by atoms with Crippen LogP contribution in [0.25, 0.3) is 11.0 Å². The summed E-state index contributed by atoms with van der Waals surface area (Å²) in [6, 6.07) is 12.1. The summed E-state index contributed by atoms with van der Waals surface area (Å²) in [5, 5.41) is 5.02. The number of imidazole rings is 1. The van der Waals surface area contributed by atoms with E-state index in [1.165, 1.54) is 4.88 Å². The highest BCUT2D eigenvalue weighted by Gasteiger charge is 2.04. The molecule has 3 aromatic rings. The molecule has 5 heteroatoms. The van der Waals surface area contributed by atoms with Crippen molar-refractivity contribution in [1.82, 2.24) is 15.3 Å². The second-order valence-electron chi connectivity index (χ2n) is 5.23. The van der Waals surface area contributed by atoms with E-state index in [9.17, 15) is 4.79 Å². The third-order valence-corrected chi connectivity index (χ3v) is 4.47. The molecule has 4 nitrogen and oxygen atoms in total. The van der Waals surface area contributed by atoms with Crippen molar-refractivity contribution in [2.75, 3.05) is 6.54 Å². The zero-order chi connectivity index (χ0) is 15.2. The lowest BCUT2D eigenvalue weighted by Crippen LogP contribution is -2.24. The molecule has 0 fully saturated rings. The van der Waals surface area contributed by atoms with E-state index in [1.54, 1.807) is 11.3 Å². The van der Waals surface area contributed by atoms with E-state index in [0.717, 1.165) is 36.1 Å². The summed E-state index contributed by atoms with van der Waals surface area (Å²) < 4.78 is 0. The van der Waals surface area contributed by atoms with Crippen molar-refractivity contribution in [3.8, 4) is 0 Å². The number of para-hydroxylation sites is 2. The monoisotopic (exact) mass is 313 g/mol. The summed E-state index contributed by atoms with van der Waals surface area (Å²) in [6.07, 6.45) is 3.13. The molecule has 2 aromatic heterocycles. The maximum absolute atomic E-state index is 11.8. The molecule has 3 rings (SSSR count). The number of thiophene rings is 1. The summed E-state index contributed by atoms with van der Waals surface area (Å²) in [6.45, 7) is 0.695. The van der Waals surface area contributed by atoms with Crippen LogP contribution in [0.15, 0.2) is 41.8 Å². The maximum Gasteiger partial charge on any atom is 0.220 e. The van der Waals surface area contributed by atoms with Crippen molar-refractivity contribution < 1.29 is 4.79 Å². The number of fused-ring (bicyclic) bond motifs is 1. The second kappa shape index (κ2) is 7.22. The van der Waals surface area contributed by atoms with Crippen LogP contribution in [0.3, 0.4) is 0 Å². The molecule has 114 valence electrons. The van der Waals surface area contributed by atoms with E-state index in [-0.39, 0.29) is 5.91 Å². The zero-order valence-electron chi connectivity index (χ0n) is 12.3. The van der Waals surface area contributed by atoms with Gasteiger partial charge in [-0.05, 0) is 36.4 Å². The SMILES string of the molecule is O=C(CCc1cccs1)NCCCc1nc2ccccc2[nH]1. The van der Waals surface area contributed by atoms with E-state index >= 15 is 0 Å². The number of hydrogen-bond acceptors (Lipinski definition) is 3. The fourth-order valence-corrected chi connectivity index (χ4v) is 3.10. The van der Waals surface area contributed by atoms with Gasteiger partial charge in [-0.15, -0.1) is 11.3 Å². The Kier molecular flexibility index (Phi) is 4.85. The van der Waals surface area contributed by atoms with Gasteiger partial charge in [0.05, 0.1) is 11.0 Å². The van der Waals surface area contributed by atoms with Gasteiger partial charge in [0.15, 0.2) is 0 Å². The van der Waals surface area contributed by atoms with Crippen molar-refractivity contribution in [2.24, 2.45) is 0 Å². The number of aromatic amines is 1. The molecule has 0 unspecified atom stereocenters. The number of nitrogens with one attached hydrogen (secondary N) is 2. The Morgan fingerprint density at radius 3 is 2.91 bits per heavy atom. The molecule has 2 heterocycles. The van der Waals surface area contributed by atoms with Gasteiger partial charge in [-0.2, -0.15) is 0 Å². The highest BCUT2D eigenvalue weighted by Crippen LogP contribution is 2.12. The number of H-pyrrole nitrogens is 1. The van der Waals surface area contributed by atoms with Gasteiger partial charge in [0, 0.05) is 24.3 Å². The van der Waals surface area contributed by atoms with Gasteiger partial charge < -0.3 is 10.3 Å². The van der Waals surface area contributed by atoms with Crippen molar-refractivity contribution in [3.05, 3.63) is 52.5 Å². The van der Waals surface area contributed by atoms with Gasteiger partial charge in [-0.25, -0.2) is 4.98 Å². The summed E-state index contributed by atoms with van der Waals surface area (Å²) in [4.78, 5) is 20.9. The predicted molar refractivity (Wildman–Crippen MR) is 90.1 cm³/mol. The number of aromatic nitrogens is 2. The van der Waals surface area contributed by atoms with Crippen LogP contribution in [-0.4, -0.2) is 22.4 Å². The van der Waals surface area contributed by atoms with Crippen LogP contribution < -0.4 is 5.32 Å². The van der Waals surface area contributed by atoms with E-state index in [0.29, 0.717) is 13.0 Å². The largest absolute Gasteiger partial charge is 0.356 e. The normalized spacial score (nSPS) is 10.9. The molecular weight excluding hydrogens is 294 g/mol. The molecular formula is C17H19N3OS. The molecule has 0 radical (unpaired) electrons. The molecule has 0 aliphatic heterocycles. The average Bonchev–Trinajstić information content (AvgIpc) is 3.18. The summed E-state index contributed by atoms with van der Waals surface area (Å²) in [5.74, 6) is 1.10. The van der Waals surface area contributed by atoms with E-state index in [4.69, 9.17) is 0 Å². The van der Waals surface area contributed by atoms with Crippen LogP contribution in [0.2, 0.25) is 0 Å². The Bertz CT molecular complexity index is 700. The lowest BCUT2D eigenvalue weighted by Gasteiger charge is -2.03.